The van der Waals surface area contributed by atoms with Crippen molar-refractivity contribution in [2.75, 3.05) is 6.54 Å². The highest BCUT2D eigenvalue weighted by Gasteiger charge is 2.40. The molecule has 0 aliphatic carbocycles. The number of carbonyl (C=O) groups excluding carboxylic acids is 1. The topological polar surface area (TPSA) is 107 Å². The fourth-order valence-electron chi connectivity index (χ4n) is 2.28. The van der Waals surface area contributed by atoms with Gasteiger partial charge in [0.15, 0.2) is 5.69 Å². The number of rotatable bonds is 6. The molecule has 142 valence electrons. The first kappa shape index (κ1) is 19.7. The van der Waals surface area contributed by atoms with Gasteiger partial charge in [0.2, 0.25) is 0 Å². The van der Waals surface area contributed by atoms with Gasteiger partial charge in [0.1, 0.15) is 18.8 Å². The summed E-state index contributed by atoms with van der Waals surface area (Å²) in [6.07, 6.45) is -9.24. The van der Waals surface area contributed by atoms with Crippen LogP contribution in [0, 0.1) is 6.92 Å². The van der Waals surface area contributed by atoms with Gasteiger partial charge in [-0.2, -0.15) is 18.3 Å². The van der Waals surface area contributed by atoms with Crippen molar-refractivity contribution < 1.29 is 32.9 Å². The second-order valence-electron chi connectivity index (χ2n) is 5.56. The van der Waals surface area contributed by atoms with Gasteiger partial charge in [0, 0.05) is 17.8 Å². The van der Waals surface area contributed by atoms with Gasteiger partial charge >= 0.3 is 12.3 Å². The first-order valence-electron chi connectivity index (χ1n) is 7.63. The molecule has 0 radical (unpaired) electrons. The van der Waals surface area contributed by atoms with Crippen molar-refractivity contribution in [3.05, 3.63) is 52.8 Å². The van der Waals surface area contributed by atoms with E-state index in [-0.39, 0.29) is 12.3 Å². The summed E-state index contributed by atoms with van der Waals surface area (Å²) in [6.45, 7) is 0.774. The Bertz CT molecular complexity index is 734. The fraction of sp³-hybridized carbons (Fsp3) is 0.375. The van der Waals surface area contributed by atoms with Crippen molar-refractivity contribution >= 4 is 6.09 Å². The maximum atomic E-state index is 12.9. The second kappa shape index (κ2) is 8.19. The maximum Gasteiger partial charge on any atom is 0.435 e. The van der Waals surface area contributed by atoms with Crippen LogP contribution in [-0.4, -0.2) is 39.2 Å². The molecule has 1 aromatic heterocycles. The summed E-state index contributed by atoms with van der Waals surface area (Å²) < 4.78 is 43.6. The van der Waals surface area contributed by atoms with E-state index in [1.807, 2.05) is 0 Å². The normalized spacial score (nSPS) is 13.9. The number of aryl methyl sites for hydroxylation is 1. The van der Waals surface area contributed by atoms with E-state index in [4.69, 9.17) is 4.74 Å². The number of alkyl halides is 3. The minimum atomic E-state index is -4.79. The monoisotopic (exact) mass is 373 g/mol. The summed E-state index contributed by atoms with van der Waals surface area (Å²) in [5, 5.41) is 27.4. The van der Waals surface area contributed by atoms with Gasteiger partial charge in [-0.1, -0.05) is 30.3 Å². The SMILES string of the molecule is Cc1[nH]nc(C(F)(F)F)c1C(O)C(O)CNC(=O)OCc1ccccc1. The van der Waals surface area contributed by atoms with Crippen molar-refractivity contribution in [1.29, 1.82) is 0 Å². The minimum Gasteiger partial charge on any atom is -0.445 e. The van der Waals surface area contributed by atoms with E-state index in [9.17, 15) is 28.2 Å². The molecule has 2 aromatic rings. The van der Waals surface area contributed by atoms with Crippen LogP contribution in [0.1, 0.15) is 28.6 Å². The predicted molar refractivity (Wildman–Crippen MR) is 83.9 cm³/mol. The Kier molecular flexibility index (Phi) is 6.22. The van der Waals surface area contributed by atoms with Gasteiger partial charge in [0.05, 0.1) is 0 Å². The average Bonchev–Trinajstić information content (AvgIpc) is 3.00. The number of hydrogen-bond acceptors (Lipinski definition) is 5. The Hall–Kier alpha value is -2.59. The van der Waals surface area contributed by atoms with E-state index < -0.39 is 42.3 Å². The molecule has 4 N–H and O–H groups in total. The lowest BCUT2D eigenvalue weighted by atomic mass is 10.0. The van der Waals surface area contributed by atoms with Crippen LogP contribution in [0.25, 0.3) is 0 Å². The Morgan fingerprint density at radius 1 is 1.31 bits per heavy atom. The van der Waals surface area contributed by atoms with Gasteiger partial charge in [-0.05, 0) is 12.5 Å². The number of ether oxygens (including phenoxy) is 1. The zero-order valence-electron chi connectivity index (χ0n) is 13.7. The number of alkyl carbamates (subject to hydrolysis) is 1. The Balaban J connectivity index is 1.90. The van der Waals surface area contributed by atoms with Gasteiger partial charge in [-0.3, -0.25) is 5.10 Å². The van der Waals surface area contributed by atoms with Crippen LogP contribution in [0.5, 0.6) is 0 Å². The molecule has 26 heavy (non-hydrogen) atoms. The van der Waals surface area contributed by atoms with Gasteiger partial charge in [-0.25, -0.2) is 4.79 Å². The number of benzene rings is 1. The summed E-state index contributed by atoms with van der Waals surface area (Å²) in [6, 6.07) is 8.82. The van der Waals surface area contributed by atoms with E-state index in [1.165, 1.54) is 6.92 Å². The molecule has 0 spiro atoms. The van der Waals surface area contributed by atoms with Crippen LogP contribution in [0.15, 0.2) is 30.3 Å². The third-order valence-corrected chi connectivity index (χ3v) is 3.59. The van der Waals surface area contributed by atoms with E-state index in [1.54, 1.807) is 30.3 Å². The van der Waals surface area contributed by atoms with Crippen LogP contribution >= 0.6 is 0 Å². The summed E-state index contributed by atoms with van der Waals surface area (Å²) in [5.74, 6) is 0. The molecule has 0 saturated carbocycles. The summed E-state index contributed by atoms with van der Waals surface area (Å²) in [5.41, 5.74) is -1.17. The van der Waals surface area contributed by atoms with Crippen LogP contribution in [0.2, 0.25) is 0 Å². The van der Waals surface area contributed by atoms with Gasteiger partial charge in [-0.15, -0.1) is 0 Å². The highest BCUT2D eigenvalue weighted by atomic mass is 19.4. The molecule has 0 aliphatic rings. The molecular weight excluding hydrogens is 355 g/mol. The Labute approximate surface area is 146 Å². The molecular formula is C16H18F3N3O4. The van der Waals surface area contributed by atoms with Crippen LogP contribution < -0.4 is 5.32 Å². The third kappa shape index (κ3) is 4.96. The molecule has 0 fully saturated rings. The second-order valence-corrected chi connectivity index (χ2v) is 5.56. The quantitative estimate of drug-likeness (QED) is 0.620. The molecule has 7 nitrogen and oxygen atoms in total. The molecule has 1 heterocycles. The number of halogens is 3. The van der Waals surface area contributed by atoms with E-state index in [2.05, 4.69) is 15.5 Å². The van der Waals surface area contributed by atoms with Crippen molar-refractivity contribution in [2.45, 2.75) is 31.9 Å². The number of aromatic amines is 1. The zero-order valence-corrected chi connectivity index (χ0v) is 13.7. The predicted octanol–water partition coefficient (Wildman–Crippen LogP) is 2.06. The molecule has 2 atom stereocenters. The minimum absolute atomic E-state index is 0.00954. The highest BCUT2D eigenvalue weighted by Crippen LogP contribution is 2.35. The Morgan fingerprint density at radius 3 is 2.58 bits per heavy atom. The van der Waals surface area contributed by atoms with Crippen molar-refractivity contribution in [3.8, 4) is 0 Å². The van der Waals surface area contributed by atoms with Crippen LogP contribution in [0.4, 0.5) is 18.0 Å². The maximum absolute atomic E-state index is 12.9. The number of nitrogens with zero attached hydrogens (tertiary/aromatic N) is 1. The number of nitrogens with one attached hydrogen (secondary N) is 2. The first-order valence-corrected chi connectivity index (χ1v) is 7.63. The molecule has 0 bridgehead atoms. The first-order chi connectivity index (χ1) is 12.2. The highest BCUT2D eigenvalue weighted by molar-refractivity contribution is 5.67. The molecule has 0 saturated heterocycles. The number of hydrogen-bond donors (Lipinski definition) is 4. The van der Waals surface area contributed by atoms with E-state index >= 15 is 0 Å². The number of carbonyl (C=O) groups is 1. The standard InChI is InChI=1S/C16H18F3N3O4/c1-9-12(14(22-21-9)16(17,18)19)13(24)11(23)7-20-15(25)26-8-10-5-3-2-4-6-10/h2-6,11,13,23-24H,7-8H2,1H3,(H,20,25)(H,21,22). The average molecular weight is 373 g/mol. The molecule has 1 amide bonds. The summed E-state index contributed by atoms with van der Waals surface area (Å²) in [4.78, 5) is 11.6. The van der Waals surface area contributed by atoms with Crippen molar-refractivity contribution in [1.82, 2.24) is 15.5 Å². The third-order valence-electron chi connectivity index (χ3n) is 3.59. The molecule has 10 heteroatoms. The smallest absolute Gasteiger partial charge is 0.435 e. The number of H-pyrrole nitrogens is 1. The number of aromatic nitrogens is 2. The Morgan fingerprint density at radius 2 is 1.96 bits per heavy atom. The summed E-state index contributed by atoms with van der Waals surface area (Å²) in [7, 11) is 0. The molecule has 0 aliphatic heterocycles. The van der Waals surface area contributed by atoms with Crippen LogP contribution in [0.3, 0.4) is 0 Å². The fourth-order valence-corrected chi connectivity index (χ4v) is 2.28. The van der Waals surface area contributed by atoms with Crippen LogP contribution in [-0.2, 0) is 17.5 Å². The lowest BCUT2D eigenvalue weighted by Gasteiger charge is -2.19. The van der Waals surface area contributed by atoms with Gasteiger partial charge < -0.3 is 20.3 Å². The number of aliphatic hydroxyl groups is 2. The van der Waals surface area contributed by atoms with Gasteiger partial charge in [0.25, 0.3) is 0 Å². The summed E-state index contributed by atoms with van der Waals surface area (Å²) >= 11 is 0. The van der Waals surface area contributed by atoms with E-state index in [0.717, 1.165) is 5.56 Å². The largest absolute Gasteiger partial charge is 0.445 e. The number of amides is 1. The molecule has 2 rings (SSSR count). The van der Waals surface area contributed by atoms with Crippen molar-refractivity contribution in [3.63, 3.8) is 0 Å². The van der Waals surface area contributed by atoms with Crippen molar-refractivity contribution in [2.24, 2.45) is 0 Å². The lowest BCUT2D eigenvalue weighted by Crippen LogP contribution is -2.36. The number of aliphatic hydroxyl groups excluding tert-OH is 2. The molecule has 2 unspecified atom stereocenters. The van der Waals surface area contributed by atoms with E-state index in [0.29, 0.717) is 0 Å². The lowest BCUT2D eigenvalue weighted by molar-refractivity contribution is -0.143. The molecule has 1 aromatic carbocycles. The zero-order chi connectivity index (χ0) is 19.3.